The van der Waals surface area contributed by atoms with Gasteiger partial charge in [0.15, 0.2) is 0 Å². The standard InChI is InChI=1S/C14H21ClN2/c1-2-13(16)12-10-11(15)6-7-14(12)17-8-4-3-5-9-17/h6-7,10,13H,2-5,8-9,16H2,1H3. The Hall–Kier alpha value is -0.730. The van der Waals surface area contributed by atoms with Gasteiger partial charge in [0.05, 0.1) is 0 Å². The van der Waals surface area contributed by atoms with Crippen molar-refractivity contribution in [3.63, 3.8) is 0 Å². The fourth-order valence-electron chi connectivity index (χ4n) is 2.47. The molecular formula is C14H21ClN2. The molecule has 1 saturated heterocycles. The van der Waals surface area contributed by atoms with Crippen molar-refractivity contribution in [2.24, 2.45) is 5.73 Å². The molecule has 0 amide bonds. The number of rotatable bonds is 3. The van der Waals surface area contributed by atoms with Crippen LogP contribution in [-0.2, 0) is 0 Å². The Bertz CT molecular complexity index is 372. The number of anilines is 1. The average molecular weight is 253 g/mol. The van der Waals surface area contributed by atoms with Gasteiger partial charge in [-0.05, 0) is 49.4 Å². The van der Waals surface area contributed by atoms with E-state index in [0.717, 1.165) is 24.5 Å². The second-order valence-electron chi connectivity index (χ2n) is 4.77. The van der Waals surface area contributed by atoms with Gasteiger partial charge in [-0.1, -0.05) is 18.5 Å². The van der Waals surface area contributed by atoms with Gasteiger partial charge in [-0.15, -0.1) is 0 Å². The molecule has 1 heterocycles. The van der Waals surface area contributed by atoms with Crippen molar-refractivity contribution in [1.82, 2.24) is 0 Å². The molecule has 2 nitrogen and oxygen atoms in total. The number of hydrogen-bond donors (Lipinski definition) is 1. The molecule has 0 saturated carbocycles. The highest BCUT2D eigenvalue weighted by atomic mass is 35.5. The molecule has 2 N–H and O–H groups in total. The summed E-state index contributed by atoms with van der Waals surface area (Å²) in [6.07, 6.45) is 4.85. The zero-order valence-electron chi connectivity index (χ0n) is 10.5. The predicted octanol–water partition coefficient (Wildman–Crippen LogP) is 3.74. The van der Waals surface area contributed by atoms with Crippen LogP contribution >= 0.6 is 11.6 Å². The maximum absolute atomic E-state index is 6.19. The van der Waals surface area contributed by atoms with Gasteiger partial charge < -0.3 is 10.6 Å². The summed E-state index contributed by atoms with van der Waals surface area (Å²) in [5.74, 6) is 0. The lowest BCUT2D eigenvalue weighted by atomic mass is 10.0. The molecule has 0 radical (unpaired) electrons. The fourth-order valence-corrected chi connectivity index (χ4v) is 2.65. The van der Waals surface area contributed by atoms with Gasteiger partial charge in [0, 0.05) is 29.8 Å². The van der Waals surface area contributed by atoms with Crippen LogP contribution in [0.4, 0.5) is 5.69 Å². The Kier molecular flexibility index (Phi) is 4.30. The predicted molar refractivity (Wildman–Crippen MR) is 74.7 cm³/mol. The van der Waals surface area contributed by atoms with Gasteiger partial charge in [-0.25, -0.2) is 0 Å². The van der Waals surface area contributed by atoms with Crippen LogP contribution in [0.3, 0.4) is 0 Å². The van der Waals surface area contributed by atoms with Crippen molar-refractivity contribution in [2.75, 3.05) is 18.0 Å². The molecule has 94 valence electrons. The molecular weight excluding hydrogens is 232 g/mol. The van der Waals surface area contributed by atoms with Crippen LogP contribution in [0.15, 0.2) is 18.2 Å². The number of nitrogens with two attached hydrogens (primary N) is 1. The second-order valence-corrected chi connectivity index (χ2v) is 5.20. The first-order chi connectivity index (χ1) is 8.22. The average Bonchev–Trinajstić information content (AvgIpc) is 2.38. The van der Waals surface area contributed by atoms with E-state index in [1.54, 1.807) is 0 Å². The number of hydrogen-bond acceptors (Lipinski definition) is 2. The molecule has 1 aromatic rings. The quantitative estimate of drug-likeness (QED) is 0.888. The van der Waals surface area contributed by atoms with Crippen LogP contribution < -0.4 is 10.6 Å². The Morgan fingerprint density at radius 2 is 2.00 bits per heavy atom. The summed E-state index contributed by atoms with van der Waals surface area (Å²) in [7, 11) is 0. The maximum atomic E-state index is 6.19. The number of piperidine rings is 1. The summed E-state index contributed by atoms with van der Waals surface area (Å²) < 4.78 is 0. The molecule has 0 aromatic heterocycles. The minimum Gasteiger partial charge on any atom is -0.371 e. The van der Waals surface area contributed by atoms with Crippen molar-refractivity contribution >= 4 is 17.3 Å². The summed E-state index contributed by atoms with van der Waals surface area (Å²) in [6.45, 7) is 4.40. The monoisotopic (exact) mass is 252 g/mol. The molecule has 0 spiro atoms. The summed E-state index contributed by atoms with van der Waals surface area (Å²) in [5, 5.41) is 0.782. The first-order valence-electron chi connectivity index (χ1n) is 6.52. The molecule has 1 aliphatic rings. The highest BCUT2D eigenvalue weighted by Gasteiger charge is 2.17. The number of benzene rings is 1. The molecule has 2 rings (SSSR count). The normalized spacial score (nSPS) is 18.2. The second kappa shape index (κ2) is 5.74. The van der Waals surface area contributed by atoms with Crippen LogP contribution in [-0.4, -0.2) is 13.1 Å². The first kappa shape index (κ1) is 12.7. The third-order valence-electron chi connectivity index (χ3n) is 3.53. The summed E-state index contributed by atoms with van der Waals surface area (Å²) in [5.41, 5.74) is 8.66. The van der Waals surface area contributed by atoms with E-state index in [1.165, 1.54) is 30.5 Å². The first-order valence-corrected chi connectivity index (χ1v) is 6.90. The maximum Gasteiger partial charge on any atom is 0.0415 e. The van der Waals surface area contributed by atoms with E-state index in [-0.39, 0.29) is 6.04 Å². The molecule has 1 unspecified atom stereocenters. The Morgan fingerprint density at radius 1 is 1.29 bits per heavy atom. The third-order valence-corrected chi connectivity index (χ3v) is 3.76. The smallest absolute Gasteiger partial charge is 0.0415 e. The fraction of sp³-hybridized carbons (Fsp3) is 0.571. The Balaban J connectivity index is 2.30. The van der Waals surface area contributed by atoms with Gasteiger partial charge in [-0.2, -0.15) is 0 Å². The summed E-state index contributed by atoms with van der Waals surface area (Å²) in [4.78, 5) is 2.45. The third kappa shape index (κ3) is 2.93. The van der Waals surface area contributed by atoms with E-state index in [1.807, 2.05) is 12.1 Å². The van der Waals surface area contributed by atoms with Crippen molar-refractivity contribution in [2.45, 2.75) is 38.6 Å². The molecule has 0 aliphatic carbocycles. The van der Waals surface area contributed by atoms with E-state index in [0.29, 0.717) is 0 Å². The zero-order chi connectivity index (χ0) is 12.3. The van der Waals surface area contributed by atoms with Gasteiger partial charge >= 0.3 is 0 Å². The van der Waals surface area contributed by atoms with Crippen molar-refractivity contribution in [1.29, 1.82) is 0 Å². The summed E-state index contributed by atoms with van der Waals surface area (Å²) >= 11 is 6.08. The molecule has 1 aromatic carbocycles. The van der Waals surface area contributed by atoms with Crippen LogP contribution in [0.2, 0.25) is 5.02 Å². The topological polar surface area (TPSA) is 29.3 Å². The number of halogens is 1. The van der Waals surface area contributed by atoms with Crippen LogP contribution in [0.25, 0.3) is 0 Å². The Labute approximate surface area is 109 Å². The van der Waals surface area contributed by atoms with E-state index in [9.17, 15) is 0 Å². The van der Waals surface area contributed by atoms with Crippen molar-refractivity contribution in [3.05, 3.63) is 28.8 Å². The van der Waals surface area contributed by atoms with E-state index >= 15 is 0 Å². The van der Waals surface area contributed by atoms with Crippen LogP contribution in [0, 0.1) is 0 Å². The van der Waals surface area contributed by atoms with Crippen molar-refractivity contribution in [3.8, 4) is 0 Å². The molecule has 3 heteroatoms. The van der Waals surface area contributed by atoms with E-state index in [2.05, 4.69) is 17.9 Å². The van der Waals surface area contributed by atoms with Gasteiger partial charge in [0.2, 0.25) is 0 Å². The van der Waals surface area contributed by atoms with E-state index in [4.69, 9.17) is 17.3 Å². The molecule has 0 bridgehead atoms. The molecule has 17 heavy (non-hydrogen) atoms. The molecule has 1 atom stereocenters. The lowest BCUT2D eigenvalue weighted by Gasteiger charge is -2.32. The van der Waals surface area contributed by atoms with Gasteiger partial charge in [0.1, 0.15) is 0 Å². The molecule has 1 aliphatic heterocycles. The van der Waals surface area contributed by atoms with E-state index < -0.39 is 0 Å². The van der Waals surface area contributed by atoms with Gasteiger partial charge in [-0.3, -0.25) is 0 Å². The lowest BCUT2D eigenvalue weighted by Crippen LogP contribution is -2.31. The summed E-state index contributed by atoms with van der Waals surface area (Å²) in [6, 6.07) is 6.21. The van der Waals surface area contributed by atoms with Crippen molar-refractivity contribution < 1.29 is 0 Å². The van der Waals surface area contributed by atoms with Crippen LogP contribution in [0.5, 0.6) is 0 Å². The Morgan fingerprint density at radius 3 is 2.65 bits per heavy atom. The van der Waals surface area contributed by atoms with Gasteiger partial charge in [0.25, 0.3) is 0 Å². The SMILES string of the molecule is CCC(N)c1cc(Cl)ccc1N1CCCCC1. The highest BCUT2D eigenvalue weighted by Crippen LogP contribution is 2.31. The lowest BCUT2D eigenvalue weighted by molar-refractivity contribution is 0.572. The minimum absolute atomic E-state index is 0.0885. The zero-order valence-corrected chi connectivity index (χ0v) is 11.2. The molecule has 1 fully saturated rings. The number of nitrogens with zero attached hydrogens (tertiary/aromatic N) is 1. The largest absolute Gasteiger partial charge is 0.371 e. The van der Waals surface area contributed by atoms with Crippen LogP contribution in [0.1, 0.15) is 44.2 Å². The highest BCUT2D eigenvalue weighted by molar-refractivity contribution is 6.30. The minimum atomic E-state index is 0.0885.